The van der Waals surface area contributed by atoms with Gasteiger partial charge in [0.05, 0.1) is 32.5 Å². The van der Waals surface area contributed by atoms with Gasteiger partial charge in [0.2, 0.25) is 0 Å². The van der Waals surface area contributed by atoms with E-state index < -0.39 is 22.3 Å². The number of rotatable bonds is 5. The number of thioether (sulfide) groups is 1. The number of benzene rings is 3. The zero-order chi connectivity index (χ0) is 24.0. The number of carbonyl (C=O) groups is 1. The summed E-state index contributed by atoms with van der Waals surface area (Å²) in [5.41, 5.74) is 1.80. The van der Waals surface area contributed by atoms with Crippen molar-refractivity contribution in [1.29, 1.82) is 0 Å². The summed E-state index contributed by atoms with van der Waals surface area (Å²) in [5.74, 6) is -1.83. The standard InChI is InChI=1S/C25H20ClFN2O4S/c26-22-20(34-19-11-4-3-10-18(19)29(32)33)12-16-21(22)14-7-5-8-15(25(30)31)24(14)28-23(16)13-6-1-2-9-17(13)27/h1-11,16,20-23,28H,12H2,(H,30,31)/t16-,20-,21+,22-,23+/m0/s1. The molecule has 0 bridgehead atoms. The number of carboxylic acid groups (broad SMARTS) is 1. The van der Waals surface area contributed by atoms with Crippen LogP contribution in [0.2, 0.25) is 0 Å². The maximum Gasteiger partial charge on any atom is 0.337 e. The maximum absolute atomic E-state index is 14.9. The first kappa shape index (κ1) is 22.7. The number of halogens is 2. The number of nitrogens with one attached hydrogen (secondary N) is 1. The van der Waals surface area contributed by atoms with Gasteiger partial charge in [-0.1, -0.05) is 42.5 Å². The highest BCUT2D eigenvalue weighted by molar-refractivity contribution is 8.00. The van der Waals surface area contributed by atoms with E-state index in [-0.39, 0.29) is 34.2 Å². The van der Waals surface area contributed by atoms with Crippen LogP contribution in [0.5, 0.6) is 0 Å². The lowest BCUT2D eigenvalue weighted by atomic mass is 9.76. The molecule has 0 amide bonds. The predicted molar refractivity (Wildman–Crippen MR) is 129 cm³/mol. The number of nitro groups is 1. The van der Waals surface area contributed by atoms with Gasteiger partial charge in [-0.05, 0) is 36.1 Å². The van der Waals surface area contributed by atoms with E-state index in [1.54, 1.807) is 42.5 Å². The van der Waals surface area contributed by atoms with Gasteiger partial charge in [-0.25, -0.2) is 9.18 Å². The summed E-state index contributed by atoms with van der Waals surface area (Å²) in [7, 11) is 0. The first-order valence-corrected chi connectivity index (χ1v) is 12.1. The number of anilines is 1. The highest BCUT2D eigenvalue weighted by Gasteiger charge is 2.51. The highest BCUT2D eigenvalue weighted by Crippen LogP contribution is 2.58. The Morgan fingerprint density at radius 3 is 2.53 bits per heavy atom. The summed E-state index contributed by atoms with van der Waals surface area (Å²) in [6, 6.07) is 17.6. The second-order valence-electron chi connectivity index (χ2n) is 8.47. The molecule has 174 valence electrons. The fourth-order valence-corrected chi connectivity index (χ4v) is 7.17. The summed E-state index contributed by atoms with van der Waals surface area (Å²) in [5, 5.41) is 24.0. The molecule has 5 rings (SSSR count). The van der Waals surface area contributed by atoms with Crippen LogP contribution in [0.1, 0.15) is 39.9 Å². The average molecular weight is 499 g/mol. The number of para-hydroxylation sites is 2. The second kappa shape index (κ2) is 8.92. The van der Waals surface area contributed by atoms with Gasteiger partial charge in [0, 0.05) is 22.8 Å². The van der Waals surface area contributed by atoms with Gasteiger partial charge in [-0.2, -0.15) is 0 Å². The van der Waals surface area contributed by atoms with Crippen molar-refractivity contribution in [3.05, 3.63) is 99.4 Å². The Labute approximate surface area is 204 Å². The lowest BCUT2D eigenvalue weighted by Crippen LogP contribution is -2.32. The number of nitro benzene ring substituents is 1. The van der Waals surface area contributed by atoms with Crippen LogP contribution in [-0.4, -0.2) is 26.6 Å². The number of hydrogen-bond donors (Lipinski definition) is 2. The van der Waals surface area contributed by atoms with Crippen molar-refractivity contribution in [2.24, 2.45) is 5.92 Å². The molecular weight excluding hydrogens is 479 g/mol. The number of alkyl halides is 1. The van der Waals surface area contributed by atoms with Crippen LogP contribution in [0.4, 0.5) is 15.8 Å². The predicted octanol–water partition coefficient (Wildman–Crippen LogP) is 6.47. The van der Waals surface area contributed by atoms with E-state index in [0.717, 1.165) is 5.56 Å². The van der Waals surface area contributed by atoms with Crippen LogP contribution >= 0.6 is 23.4 Å². The third-order valence-corrected chi connectivity index (χ3v) is 8.77. The molecule has 9 heteroatoms. The number of nitrogens with zero attached hydrogens (tertiary/aromatic N) is 1. The SMILES string of the molecule is O=C(O)c1cccc2c1N[C@H](c1ccccc1F)[C@H]1C[C@H](Sc3ccccc3[N+](=O)[O-])[C@H](Cl)[C@H]21. The Morgan fingerprint density at radius 1 is 1.09 bits per heavy atom. The van der Waals surface area contributed by atoms with Gasteiger partial charge in [0.15, 0.2) is 0 Å². The van der Waals surface area contributed by atoms with Crippen molar-refractivity contribution in [1.82, 2.24) is 0 Å². The van der Waals surface area contributed by atoms with Crippen LogP contribution in [0, 0.1) is 21.8 Å². The molecule has 5 atom stereocenters. The van der Waals surface area contributed by atoms with E-state index in [9.17, 15) is 24.4 Å². The zero-order valence-electron chi connectivity index (χ0n) is 17.7. The molecule has 1 saturated carbocycles. The number of fused-ring (bicyclic) bond motifs is 3. The quantitative estimate of drug-likeness (QED) is 0.238. The molecule has 0 radical (unpaired) electrons. The van der Waals surface area contributed by atoms with Crippen LogP contribution in [-0.2, 0) is 0 Å². The van der Waals surface area contributed by atoms with E-state index in [1.165, 1.54) is 30.0 Å². The molecule has 1 heterocycles. The Hall–Kier alpha value is -3.10. The normalized spacial score (nSPS) is 25.2. The molecule has 1 aliphatic carbocycles. The molecule has 2 aliphatic rings. The van der Waals surface area contributed by atoms with Gasteiger partial charge < -0.3 is 10.4 Å². The van der Waals surface area contributed by atoms with E-state index in [1.807, 2.05) is 6.07 Å². The van der Waals surface area contributed by atoms with Gasteiger partial charge in [-0.15, -0.1) is 23.4 Å². The Balaban J connectivity index is 1.59. The van der Waals surface area contributed by atoms with Crippen molar-refractivity contribution >= 4 is 40.7 Å². The van der Waals surface area contributed by atoms with Crippen molar-refractivity contribution in [2.45, 2.75) is 33.9 Å². The number of hydrogen-bond acceptors (Lipinski definition) is 5. The molecule has 34 heavy (non-hydrogen) atoms. The topological polar surface area (TPSA) is 92.5 Å². The van der Waals surface area contributed by atoms with Crippen molar-refractivity contribution in [3.8, 4) is 0 Å². The maximum atomic E-state index is 14.9. The minimum absolute atomic E-state index is 0.0172. The summed E-state index contributed by atoms with van der Waals surface area (Å²) < 4.78 is 14.9. The van der Waals surface area contributed by atoms with Crippen molar-refractivity contribution < 1.29 is 19.2 Å². The number of carboxylic acids is 1. The monoisotopic (exact) mass is 498 g/mol. The van der Waals surface area contributed by atoms with Gasteiger partial charge in [-0.3, -0.25) is 10.1 Å². The van der Waals surface area contributed by atoms with Gasteiger partial charge in [0.1, 0.15) is 5.82 Å². The van der Waals surface area contributed by atoms with Crippen LogP contribution < -0.4 is 5.32 Å². The third kappa shape index (κ3) is 3.80. The molecule has 3 aromatic carbocycles. The molecule has 6 nitrogen and oxygen atoms in total. The van der Waals surface area contributed by atoms with Crippen molar-refractivity contribution in [2.75, 3.05) is 5.32 Å². The summed E-state index contributed by atoms with van der Waals surface area (Å²) in [4.78, 5) is 23.6. The largest absolute Gasteiger partial charge is 0.478 e. The van der Waals surface area contributed by atoms with Gasteiger partial charge in [0.25, 0.3) is 5.69 Å². The summed E-state index contributed by atoms with van der Waals surface area (Å²) >= 11 is 8.38. The van der Waals surface area contributed by atoms with Crippen LogP contribution in [0.3, 0.4) is 0 Å². The lowest BCUT2D eigenvalue weighted by molar-refractivity contribution is -0.387. The van der Waals surface area contributed by atoms with Crippen LogP contribution in [0.25, 0.3) is 0 Å². The third-order valence-electron chi connectivity index (χ3n) is 6.66. The van der Waals surface area contributed by atoms with E-state index in [0.29, 0.717) is 22.6 Å². The van der Waals surface area contributed by atoms with E-state index >= 15 is 0 Å². The molecule has 0 saturated heterocycles. The first-order chi connectivity index (χ1) is 16.4. The summed E-state index contributed by atoms with van der Waals surface area (Å²) in [6.07, 6.45) is 0.582. The minimum atomic E-state index is -1.08. The van der Waals surface area contributed by atoms with E-state index in [4.69, 9.17) is 11.6 Å². The Morgan fingerprint density at radius 2 is 1.79 bits per heavy atom. The molecule has 1 fully saturated rings. The lowest BCUT2D eigenvalue weighted by Gasteiger charge is -2.39. The Kier molecular flexibility index (Phi) is 5.95. The Bertz CT molecular complexity index is 1290. The molecule has 0 unspecified atom stereocenters. The molecule has 2 N–H and O–H groups in total. The molecule has 1 aliphatic heterocycles. The minimum Gasteiger partial charge on any atom is -0.478 e. The molecule has 3 aromatic rings. The van der Waals surface area contributed by atoms with Crippen molar-refractivity contribution in [3.63, 3.8) is 0 Å². The molecule has 0 aromatic heterocycles. The fraction of sp³-hybridized carbons (Fsp3) is 0.240. The number of aromatic carboxylic acids is 1. The fourth-order valence-electron chi connectivity index (χ4n) is 5.23. The smallest absolute Gasteiger partial charge is 0.337 e. The summed E-state index contributed by atoms with van der Waals surface area (Å²) in [6.45, 7) is 0. The van der Waals surface area contributed by atoms with Gasteiger partial charge >= 0.3 is 5.97 Å². The highest BCUT2D eigenvalue weighted by atomic mass is 35.5. The molecule has 0 spiro atoms. The van der Waals surface area contributed by atoms with Crippen LogP contribution in [0.15, 0.2) is 71.6 Å². The molecular formula is C25H20ClFN2O4S. The van der Waals surface area contributed by atoms with E-state index in [2.05, 4.69) is 5.32 Å². The zero-order valence-corrected chi connectivity index (χ0v) is 19.3. The first-order valence-electron chi connectivity index (χ1n) is 10.8. The average Bonchev–Trinajstić information content (AvgIpc) is 3.15. The second-order valence-corrected chi connectivity index (χ2v) is 10.3.